The van der Waals surface area contributed by atoms with Crippen LogP contribution in [-0.4, -0.2) is 15.6 Å². The van der Waals surface area contributed by atoms with E-state index in [1.165, 1.54) is 6.07 Å². The first kappa shape index (κ1) is 15.0. The zero-order valence-electron chi connectivity index (χ0n) is 13.0. The summed E-state index contributed by atoms with van der Waals surface area (Å²) in [6.45, 7) is 4.34. The molecule has 0 aliphatic rings. The predicted molar refractivity (Wildman–Crippen MR) is 90.2 cm³/mol. The molecule has 0 fully saturated rings. The Kier molecular flexibility index (Phi) is 3.74. The number of pyridine rings is 1. The summed E-state index contributed by atoms with van der Waals surface area (Å²) in [5.41, 5.74) is 3.26. The molecule has 23 heavy (non-hydrogen) atoms. The van der Waals surface area contributed by atoms with Gasteiger partial charge in [0.25, 0.3) is 5.56 Å². The Bertz CT molecular complexity index is 970. The maximum absolute atomic E-state index is 12.6. The van der Waals surface area contributed by atoms with E-state index < -0.39 is 11.5 Å². The van der Waals surface area contributed by atoms with E-state index in [2.05, 4.69) is 0 Å². The lowest BCUT2D eigenvalue weighted by Gasteiger charge is -2.14. The minimum absolute atomic E-state index is 0.200. The molecule has 0 unspecified atom stereocenters. The lowest BCUT2D eigenvalue weighted by atomic mass is 10.0. The van der Waals surface area contributed by atoms with Gasteiger partial charge in [-0.2, -0.15) is 0 Å². The van der Waals surface area contributed by atoms with Crippen molar-refractivity contribution in [3.8, 4) is 0 Å². The monoisotopic (exact) mass is 307 g/mol. The molecule has 2 aromatic carbocycles. The van der Waals surface area contributed by atoms with Crippen molar-refractivity contribution in [2.75, 3.05) is 0 Å². The topological polar surface area (TPSA) is 59.3 Å². The van der Waals surface area contributed by atoms with Crippen LogP contribution in [0.3, 0.4) is 0 Å². The summed E-state index contributed by atoms with van der Waals surface area (Å²) in [5, 5.41) is 10.0. The zero-order valence-corrected chi connectivity index (χ0v) is 13.0. The van der Waals surface area contributed by atoms with Gasteiger partial charge < -0.3 is 9.67 Å². The first-order chi connectivity index (χ1) is 11.0. The van der Waals surface area contributed by atoms with Crippen molar-refractivity contribution in [3.63, 3.8) is 0 Å². The Hall–Kier alpha value is -2.88. The Morgan fingerprint density at radius 1 is 1.09 bits per heavy atom. The number of carboxylic acids is 1. The fourth-order valence-corrected chi connectivity index (χ4v) is 2.78. The molecule has 1 aromatic heterocycles. The average molecular weight is 307 g/mol. The maximum Gasteiger partial charge on any atom is 0.341 e. The Morgan fingerprint density at radius 2 is 1.83 bits per heavy atom. The normalized spacial score (nSPS) is 10.9. The molecule has 0 amide bonds. The van der Waals surface area contributed by atoms with E-state index in [9.17, 15) is 14.7 Å². The van der Waals surface area contributed by atoms with E-state index in [0.717, 1.165) is 27.6 Å². The van der Waals surface area contributed by atoms with Crippen LogP contribution >= 0.6 is 0 Å². The number of hydrogen-bond acceptors (Lipinski definition) is 2. The molecular weight excluding hydrogens is 290 g/mol. The summed E-state index contributed by atoms with van der Waals surface area (Å²) < 4.78 is 1.54. The number of benzene rings is 2. The van der Waals surface area contributed by atoms with Crippen LogP contribution in [0.1, 0.15) is 27.0 Å². The van der Waals surface area contributed by atoms with Crippen molar-refractivity contribution in [1.29, 1.82) is 0 Å². The number of fused-ring (bicyclic) bond motifs is 1. The first-order valence-electron chi connectivity index (χ1n) is 7.39. The fraction of sp³-hybridized carbons (Fsp3) is 0.158. The number of carboxylic acid groups (broad SMARTS) is 1. The molecule has 116 valence electrons. The van der Waals surface area contributed by atoms with Crippen molar-refractivity contribution >= 4 is 16.9 Å². The minimum Gasteiger partial charge on any atom is -0.477 e. The molecule has 1 N–H and O–H groups in total. The van der Waals surface area contributed by atoms with Gasteiger partial charge in [0.2, 0.25) is 0 Å². The highest BCUT2D eigenvalue weighted by Gasteiger charge is 2.15. The van der Waals surface area contributed by atoms with Crippen molar-refractivity contribution < 1.29 is 9.90 Å². The molecule has 0 aliphatic carbocycles. The number of para-hydroxylation sites is 1. The highest BCUT2D eigenvalue weighted by molar-refractivity contribution is 5.92. The number of aromatic nitrogens is 1. The number of nitrogens with zero attached hydrogens (tertiary/aromatic N) is 1. The summed E-state index contributed by atoms with van der Waals surface area (Å²) in [6.07, 6.45) is 0. The quantitative estimate of drug-likeness (QED) is 0.807. The number of aryl methyl sites for hydroxylation is 2. The third-order valence-corrected chi connectivity index (χ3v) is 4.07. The smallest absolute Gasteiger partial charge is 0.341 e. The van der Waals surface area contributed by atoms with Crippen LogP contribution in [-0.2, 0) is 6.54 Å². The van der Waals surface area contributed by atoms with Crippen LogP contribution in [0.15, 0.2) is 53.3 Å². The Labute approximate surface area is 133 Å². The second-order valence-electron chi connectivity index (χ2n) is 5.74. The highest BCUT2D eigenvalue weighted by Crippen LogP contribution is 2.17. The van der Waals surface area contributed by atoms with E-state index in [1.807, 2.05) is 56.3 Å². The molecule has 0 spiro atoms. The number of carbonyl (C=O) groups is 1. The number of rotatable bonds is 3. The SMILES string of the molecule is Cc1ccc(C)c(Cn2c(=O)c(C(=O)O)cc3ccccc32)c1. The van der Waals surface area contributed by atoms with E-state index in [-0.39, 0.29) is 5.56 Å². The predicted octanol–water partition coefficient (Wildman–Crippen LogP) is 3.36. The molecule has 3 rings (SSSR count). The molecule has 4 nitrogen and oxygen atoms in total. The van der Waals surface area contributed by atoms with E-state index in [4.69, 9.17) is 0 Å². The summed E-state index contributed by atoms with van der Waals surface area (Å²) in [6, 6.07) is 14.9. The van der Waals surface area contributed by atoms with Gasteiger partial charge in [0, 0.05) is 0 Å². The second-order valence-corrected chi connectivity index (χ2v) is 5.74. The molecule has 3 aromatic rings. The molecular formula is C19H17NO3. The largest absolute Gasteiger partial charge is 0.477 e. The van der Waals surface area contributed by atoms with Crippen molar-refractivity contribution in [1.82, 2.24) is 4.57 Å². The van der Waals surface area contributed by atoms with Gasteiger partial charge in [-0.1, -0.05) is 42.0 Å². The molecule has 0 bridgehead atoms. The van der Waals surface area contributed by atoms with Crippen LogP contribution in [0.25, 0.3) is 10.9 Å². The van der Waals surface area contributed by atoms with E-state index in [1.54, 1.807) is 4.57 Å². The van der Waals surface area contributed by atoms with Crippen LogP contribution in [0.2, 0.25) is 0 Å². The van der Waals surface area contributed by atoms with Gasteiger partial charge in [-0.15, -0.1) is 0 Å². The Balaban J connectivity index is 2.27. The van der Waals surface area contributed by atoms with Crippen LogP contribution in [0.5, 0.6) is 0 Å². The van der Waals surface area contributed by atoms with Gasteiger partial charge in [0.1, 0.15) is 5.56 Å². The molecule has 0 aliphatic heterocycles. The lowest BCUT2D eigenvalue weighted by Crippen LogP contribution is -2.27. The molecule has 0 radical (unpaired) electrons. The first-order valence-corrected chi connectivity index (χ1v) is 7.39. The van der Waals surface area contributed by atoms with Gasteiger partial charge in [-0.05, 0) is 42.5 Å². The van der Waals surface area contributed by atoms with Crippen LogP contribution in [0.4, 0.5) is 0 Å². The Morgan fingerprint density at radius 3 is 2.57 bits per heavy atom. The van der Waals surface area contributed by atoms with Gasteiger partial charge in [0.05, 0.1) is 12.1 Å². The second kappa shape index (κ2) is 5.72. The lowest BCUT2D eigenvalue weighted by molar-refractivity contribution is 0.0694. The van der Waals surface area contributed by atoms with Gasteiger partial charge in [-0.3, -0.25) is 4.79 Å². The zero-order chi connectivity index (χ0) is 16.6. The van der Waals surface area contributed by atoms with E-state index in [0.29, 0.717) is 6.54 Å². The molecule has 0 atom stereocenters. The van der Waals surface area contributed by atoms with Crippen molar-refractivity contribution in [2.45, 2.75) is 20.4 Å². The van der Waals surface area contributed by atoms with E-state index >= 15 is 0 Å². The third kappa shape index (κ3) is 2.75. The van der Waals surface area contributed by atoms with Crippen LogP contribution in [0, 0.1) is 13.8 Å². The standard InChI is InChI=1S/C19H17NO3/c1-12-7-8-13(2)15(9-12)11-20-17-6-4-3-5-14(17)10-16(18(20)21)19(22)23/h3-10H,11H2,1-2H3,(H,22,23). The molecule has 4 heteroatoms. The maximum atomic E-state index is 12.6. The van der Waals surface area contributed by atoms with Crippen molar-refractivity contribution in [2.24, 2.45) is 0 Å². The molecule has 1 heterocycles. The summed E-state index contributed by atoms with van der Waals surface area (Å²) in [5.74, 6) is -1.20. The minimum atomic E-state index is -1.20. The highest BCUT2D eigenvalue weighted by atomic mass is 16.4. The van der Waals surface area contributed by atoms with Crippen molar-refractivity contribution in [3.05, 3.63) is 81.1 Å². The summed E-state index contributed by atoms with van der Waals surface area (Å²) in [4.78, 5) is 24.0. The fourth-order valence-electron chi connectivity index (χ4n) is 2.78. The molecule has 0 saturated heterocycles. The number of hydrogen-bond donors (Lipinski definition) is 1. The van der Waals surface area contributed by atoms with Crippen LogP contribution < -0.4 is 5.56 Å². The van der Waals surface area contributed by atoms with Gasteiger partial charge in [0.15, 0.2) is 0 Å². The third-order valence-electron chi connectivity index (χ3n) is 4.07. The summed E-state index contributed by atoms with van der Waals surface area (Å²) in [7, 11) is 0. The molecule has 0 saturated carbocycles. The number of aromatic carboxylic acids is 1. The van der Waals surface area contributed by atoms with Gasteiger partial charge >= 0.3 is 5.97 Å². The average Bonchev–Trinajstić information content (AvgIpc) is 2.52. The summed E-state index contributed by atoms with van der Waals surface area (Å²) >= 11 is 0. The van der Waals surface area contributed by atoms with Gasteiger partial charge in [-0.25, -0.2) is 4.79 Å².